The van der Waals surface area contributed by atoms with E-state index in [1.165, 1.54) is 12.1 Å². The van der Waals surface area contributed by atoms with Crippen molar-refractivity contribution in [3.05, 3.63) is 53.1 Å². The van der Waals surface area contributed by atoms with E-state index < -0.39 is 11.8 Å². The first-order valence-electron chi connectivity index (χ1n) is 6.20. The average molecular weight is 304 g/mol. The molecule has 21 heavy (non-hydrogen) atoms. The molecule has 5 nitrogen and oxygen atoms in total. The van der Waals surface area contributed by atoms with E-state index in [9.17, 15) is 9.59 Å². The highest BCUT2D eigenvalue weighted by atomic mass is 35.5. The van der Waals surface area contributed by atoms with E-state index in [1.54, 1.807) is 18.2 Å². The minimum atomic E-state index is -0.801. The number of rotatable bonds is 2. The Hall–Kier alpha value is -2.53. The fraction of sp³-hybridized carbons (Fsp3) is 0.0667. The van der Waals surface area contributed by atoms with Crippen LogP contribution in [0.15, 0.2) is 42.5 Å². The lowest BCUT2D eigenvalue weighted by atomic mass is 10.2. The van der Waals surface area contributed by atoms with E-state index in [4.69, 9.17) is 17.3 Å². The molecule has 0 bridgehead atoms. The monoisotopic (exact) mass is 303 g/mol. The van der Waals surface area contributed by atoms with Crippen molar-refractivity contribution in [3.63, 3.8) is 0 Å². The van der Waals surface area contributed by atoms with Crippen LogP contribution >= 0.6 is 11.6 Å². The molecule has 2 rings (SSSR count). The van der Waals surface area contributed by atoms with Gasteiger partial charge in [0.05, 0.1) is 10.7 Å². The van der Waals surface area contributed by atoms with Gasteiger partial charge in [0.15, 0.2) is 0 Å². The Morgan fingerprint density at radius 1 is 1.00 bits per heavy atom. The van der Waals surface area contributed by atoms with E-state index in [1.807, 2.05) is 19.1 Å². The third-order valence-electron chi connectivity index (χ3n) is 2.84. The van der Waals surface area contributed by atoms with Crippen molar-refractivity contribution in [1.82, 2.24) is 0 Å². The number of hydrogen-bond acceptors (Lipinski definition) is 3. The van der Waals surface area contributed by atoms with Gasteiger partial charge in [0, 0.05) is 11.4 Å². The Morgan fingerprint density at radius 3 is 2.24 bits per heavy atom. The average Bonchev–Trinajstić information content (AvgIpc) is 2.44. The van der Waals surface area contributed by atoms with Crippen LogP contribution in [0.2, 0.25) is 5.02 Å². The van der Waals surface area contributed by atoms with E-state index in [-0.39, 0.29) is 5.02 Å². The second-order valence-corrected chi connectivity index (χ2v) is 4.87. The van der Waals surface area contributed by atoms with Crippen LogP contribution < -0.4 is 16.4 Å². The van der Waals surface area contributed by atoms with Gasteiger partial charge in [0.25, 0.3) is 0 Å². The second-order valence-electron chi connectivity index (χ2n) is 4.46. The van der Waals surface area contributed by atoms with Gasteiger partial charge in [-0.2, -0.15) is 0 Å². The molecule has 0 aliphatic rings. The number of carbonyl (C=O) groups excluding carboxylic acids is 2. The first-order chi connectivity index (χ1) is 9.97. The summed E-state index contributed by atoms with van der Waals surface area (Å²) in [6.45, 7) is 1.84. The lowest BCUT2D eigenvalue weighted by molar-refractivity contribution is -0.133. The first-order valence-corrected chi connectivity index (χ1v) is 6.58. The van der Waals surface area contributed by atoms with Crippen LogP contribution in [-0.4, -0.2) is 11.8 Å². The van der Waals surface area contributed by atoms with Gasteiger partial charge in [-0.1, -0.05) is 29.8 Å². The molecule has 2 amide bonds. The molecule has 0 aromatic heterocycles. The molecule has 0 aliphatic heterocycles. The van der Waals surface area contributed by atoms with Crippen molar-refractivity contribution in [3.8, 4) is 0 Å². The number of carbonyl (C=O) groups is 2. The summed E-state index contributed by atoms with van der Waals surface area (Å²) in [5, 5.41) is 5.25. The van der Waals surface area contributed by atoms with Crippen LogP contribution in [0.5, 0.6) is 0 Å². The largest absolute Gasteiger partial charge is 0.399 e. The normalized spacial score (nSPS) is 10.0. The molecular weight excluding hydrogens is 290 g/mol. The molecule has 4 N–H and O–H groups in total. The Morgan fingerprint density at radius 2 is 1.62 bits per heavy atom. The van der Waals surface area contributed by atoms with Crippen molar-refractivity contribution in [1.29, 1.82) is 0 Å². The molecule has 0 aliphatic carbocycles. The van der Waals surface area contributed by atoms with Crippen molar-refractivity contribution >= 4 is 40.5 Å². The molecule has 108 valence electrons. The molecule has 0 atom stereocenters. The smallest absolute Gasteiger partial charge is 0.314 e. The molecule has 0 fully saturated rings. The summed E-state index contributed by atoms with van der Waals surface area (Å²) < 4.78 is 0. The van der Waals surface area contributed by atoms with Crippen LogP contribution in [0.4, 0.5) is 17.1 Å². The predicted molar refractivity (Wildman–Crippen MR) is 84.3 cm³/mol. The number of nitrogens with one attached hydrogen (secondary N) is 2. The van der Waals surface area contributed by atoms with Crippen LogP contribution in [-0.2, 0) is 9.59 Å². The molecule has 0 heterocycles. The van der Waals surface area contributed by atoms with Gasteiger partial charge in [-0.3, -0.25) is 9.59 Å². The highest BCUT2D eigenvalue weighted by molar-refractivity contribution is 6.44. The SMILES string of the molecule is Cc1ccccc1NC(=O)C(=O)Nc1ccc(N)cc1Cl. The fourth-order valence-electron chi connectivity index (χ4n) is 1.70. The second kappa shape index (κ2) is 6.28. The lowest BCUT2D eigenvalue weighted by Gasteiger charge is -2.09. The Bertz CT molecular complexity index is 701. The summed E-state index contributed by atoms with van der Waals surface area (Å²) in [7, 11) is 0. The number of hydrogen-bond donors (Lipinski definition) is 3. The maximum Gasteiger partial charge on any atom is 0.314 e. The molecule has 0 spiro atoms. The van der Waals surface area contributed by atoms with E-state index in [2.05, 4.69) is 10.6 Å². The molecule has 0 saturated carbocycles. The highest BCUT2D eigenvalue weighted by Crippen LogP contribution is 2.24. The van der Waals surface area contributed by atoms with Crippen molar-refractivity contribution in [2.75, 3.05) is 16.4 Å². The predicted octanol–water partition coefficient (Wildman–Crippen LogP) is 2.81. The summed E-state index contributed by atoms with van der Waals surface area (Å²) >= 11 is 5.94. The minimum absolute atomic E-state index is 0.270. The van der Waals surface area contributed by atoms with Crippen LogP contribution in [0, 0.1) is 6.92 Å². The van der Waals surface area contributed by atoms with Crippen molar-refractivity contribution < 1.29 is 9.59 Å². The quantitative estimate of drug-likeness (QED) is 0.589. The van der Waals surface area contributed by atoms with Gasteiger partial charge < -0.3 is 16.4 Å². The molecule has 2 aromatic rings. The van der Waals surface area contributed by atoms with Gasteiger partial charge in [-0.25, -0.2) is 0 Å². The number of halogens is 1. The topological polar surface area (TPSA) is 84.2 Å². The number of anilines is 3. The first kappa shape index (κ1) is 14.9. The Balaban J connectivity index is 2.06. The van der Waals surface area contributed by atoms with Gasteiger partial charge >= 0.3 is 11.8 Å². The molecule has 2 aromatic carbocycles. The number of nitrogen functional groups attached to an aromatic ring is 1. The van der Waals surface area contributed by atoms with Crippen LogP contribution in [0.25, 0.3) is 0 Å². The Labute approximate surface area is 127 Å². The third kappa shape index (κ3) is 3.73. The number of benzene rings is 2. The zero-order valence-electron chi connectivity index (χ0n) is 11.3. The third-order valence-corrected chi connectivity index (χ3v) is 3.15. The molecule has 0 radical (unpaired) electrons. The number of aryl methyl sites for hydroxylation is 1. The standard InChI is InChI=1S/C15H14ClN3O2/c1-9-4-2-3-5-12(9)18-14(20)15(21)19-13-7-6-10(17)8-11(13)16/h2-8H,17H2,1H3,(H,18,20)(H,19,21). The number of para-hydroxylation sites is 1. The number of nitrogens with two attached hydrogens (primary N) is 1. The lowest BCUT2D eigenvalue weighted by Crippen LogP contribution is -2.29. The molecule has 6 heteroatoms. The number of amides is 2. The van der Waals surface area contributed by atoms with E-state index in [0.717, 1.165) is 5.56 Å². The summed E-state index contributed by atoms with van der Waals surface area (Å²) in [6.07, 6.45) is 0. The maximum absolute atomic E-state index is 11.9. The van der Waals surface area contributed by atoms with Crippen molar-refractivity contribution in [2.45, 2.75) is 6.92 Å². The molecular formula is C15H14ClN3O2. The summed E-state index contributed by atoms with van der Waals surface area (Å²) in [6, 6.07) is 11.8. The van der Waals surface area contributed by atoms with Crippen molar-refractivity contribution in [2.24, 2.45) is 0 Å². The van der Waals surface area contributed by atoms with Crippen LogP contribution in [0.1, 0.15) is 5.56 Å². The molecule has 0 unspecified atom stereocenters. The Kier molecular flexibility index (Phi) is 4.45. The zero-order chi connectivity index (χ0) is 15.4. The summed E-state index contributed by atoms with van der Waals surface area (Å²) in [4.78, 5) is 23.7. The fourth-order valence-corrected chi connectivity index (χ4v) is 1.94. The van der Waals surface area contributed by atoms with E-state index in [0.29, 0.717) is 17.1 Å². The van der Waals surface area contributed by atoms with E-state index >= 15 is 0 Å². The van der Waals surface area contributed by atoms with Gasteiger partial charge in [0.2, 0.25) is 0 Å². The molecule has 0 saturated heterocycles. The highest BCUT2D eigenvalue weighted by Gasteiger charge is 2.16. The zero-order valence-corrected chi connectivity index (χ0v) is 12.1. The van der Waals surface area contributed by atoms with Gasteiger partial charge in [-0.15, -0.1) is 0 Å². The summed E-state index contributed by atoms with van der Waals surface area (Å²) in [5.41, 5.74) is 7.81. The minimum Gasteiger partial charge on any atom is -0.399 e. The van der Waals surface area contributed by atoms with Gasteiger partial charge in [0.1, 0.15) is 0 Å². The summed E-state index contributed by atoms with van der Waals surface area (Å²) in [5.74, 6) is -1.57. The maximum atomic E-state index is 11.9. The van der Waals surface area contributed by atoms with Gasteiger partial charge in [-0.05, 0) is 36.8 Å². The van der Waals surface area contributed by atoms with Crippen LogP contribution in [0.3, 0.4) is 0 Å².